The van der Waals surface area contributed by atoms with Crippen LogP contribution in [0.2, 0.25) is 0 Å². The quantitative estimate of drug-likeness (QED) is 0.765. The molecule has 4 nitrogen and oxygen atoms in total. The normalized spacial score (nSPS) is 10.7. The Morgan fingerprint density at radius 2 is 2.31 bits per heavy atom. The Balaban J connectivity index is 2.80. The summed E-state index contributed by atoms with van der Waals surface area (Å²) in [4.78, 5) is 4.23. The molecule has 0 aromatic carbocycles. The number of hydrogen-bond donors (Lipinski definition) is 0. The van der Waals surface area contributed by atoms with Crippen LogP contribution >= 0.6 is 15.9 Å². The van der Waals surface area contributed by atoms with Gasteiger partial charge in [-0.3, -0.25) is 0 Å². The van der Waals surface area contributed by atoms with Crippen molar-refractivity contribution < 1.29 is 4.74 Å². The zero-order valence-electron chi connectivity index (χ0n) is 7.28. The van der Waals surface area contributed by atoms with E-state index < -0.39 is 0 Å². The van der Waals surface area contributed by atoms with Crippen LogP contribution in [0.25, 0.3) is 5.65 Å². The molecular formula is C8H8BrN3O. The fourth-order valence-electron chi connectivity index (χ4n) is 1.18. The third kappa shape index (κ3) is 1.39. The minimum Gasteiger partial charge on any atom is -0.493 e. The highest BCUT2D eigenvalue weighted by Crippen LogP contribution is 2.22. The standard InChI is InChI=1S/C8H8BrN3O/c1-5-10-8-7(13-2)3-6(9)4-12(8)11-5/h3-4H,1-2H3. The van der Waals surface area contributed by atoms with E-state index in [0.717, 1.165) is 21.7 Å². The topological polar surface area (TPSA) is 39.4 Å². The lowest BCUT2D eigenvalue weighted by Gasteiger charge is -2.01. The number of methoxy groups -OCH3 is 1. The van der Waals surface area contributed by atoms with E-state index >= 15 is 0 Å². The molecule has 68 valence electrons. The number of fused-ring (bicyclic) bond motifs is 1. The fourth-order valence-corrected chi connectivity index (χ4v) is 1.58. The Hall–Kier alpha value is -1.10. The van der Waals surface area contributed by atoms with Crippen LogP contribution < -0.4 is 4.74 Å². The summed E-state index contributed by atoms with van der Waals surface area (Å²) in [5.41, 5.74) is 0.739. The fraction of sp³-hybridized carbons (Fsp3) is 0.250. The molecule has 0 aliphatic carbocycles. The van der Waals surface area contributed by atoms with Gasteiger partial charge in [-0.15, -0.1) is 0 Å². The van der Waals surface area contributed by atoms with Gasteiger partial charge in [0.25, 0.3) is 0 Å². The van der Waals surface area contributed by atoms with Crippen LogP contribution in [0.4, 0.5) is 0 Å². The monoisotopic (exact) mass is 241 g/mol. The molecule has 0 radical (unpaired) electrons. The largest absolute Gasteiger partial charge is 0.493 e. The molecule has 0 fully saturated rings. The van der Waals surface area contributed by atoms with E-state index in [9.17, 15) is 0 Å². The predicted molar refractivity (Wildman–Crippen MR) is 52.0 cm³/mol. The first-order chi connectivity index (χ1) is 6.20. The van der Waals surface area contributed by atoms with Crippen molar-refractivity contribution in [3.8, 4) is 5.75 Å². The molecule has 0 aliphatic rings. The Labute approximate surface area is 83.7 Å². The molecule has 0 atom stereocenters. The Kier molecular flexibility index (Phi) is 1.95. The minimum absolute atomic E-state index is 0.718. The van der Waals surface area contributed by atoms with Gasteiger partial charge in [0.15, 0.2) is 11.4 Å². The van der Waals surface area contributed by atoms with Gasteiger partial charge in [0, 0.05) is 10.7 Å². The maximum absolute atomic E-state index is 5.17. The van der Waals surface area contributed by atoms with E-state index in [1.54, 1.807) is 11.6 Å². The summed E-state index contributed by atoms with van der Waals surface area (Å²) < 4.78 is 7.78. The zero-order chi connectivity index (χ0) is 9.42. The second-order valence-corrected chi connectivity index (χ2v) is 3.57. The first-order valence-corrected chi connectivity index (χ1v) is 4.56. The SMILES string of the molecule is COc1cc(Br)cn2nc(C)nc12. The molecule has 2 aromatic heterocycles. The van der Waals surface area contributed by atoms with Gasteiger partial charge in [0.2, 0.25) is 0 Å². The van der Waals surface area contributed by atoms with Gasteiger partial charge >= 0.3 is 0 Å². The lowest BCUT2D eigenvalue weighted by atomic mass is 10.4. The van der Waals surface area contributed by atoms with Crippen molar-refractivity contribution in [2.45, 2.75) is 6.92 Å². The van der Waals surface area contributed by atoms with Crippen molar-refractivity contribution in [3.63, 3.8) is 0 Å². The van der Waals surface area contributed by atoms with Crippen LogP contribution in [0, 0.1) is 6.92 Å². The summed E-state index contributed by atoms with van der Waals surface area (Å²) in [5.74, 6) is 1.45. The molecule has 2 aromatic rings. The number of hydrogen-bond acceptors (Lipinski definition) is 3. The third-order valence-electron chi connectivity index (χ3n) is 1.69. The van der Waals surface area contributed by atoms with Crippen molar-refractivity contribution in [2.75, 3.05) is 7.11 Å². The zero-order valence-corrected chi connectivity index (χ0v) is 8.87. The molecular weight excluding hydrogens is 234 g/mol. The number of aromatic nitrogens is 3. The summed E-state index contributed by atoms with van der Waals surface area (Å²) in [5, 5.41) is 4.18. The maximum Gasteiger partial charge on any atom is 0.198 e. The second kappa shape index (κ2) is 2.99. The van der Waals surface area contributed by atoms with E-state index in [-0.39, 0.29) is 0 Å². The van der Waals surface area contributed by atoms with E-state index in [1.807, 2.05) is 19.2 Å². The van der Waals surface area contributed by atoms with Crippen molar-refractivity contribution in [1.82, 2.24) is 14.6 Å². The minimum atomic E-state index is 0.718. The molecule has 0 saturated heterocycles. The number of ether oxygens (including phenoxy) is 1. The average Bonchev–Trinajstić information content (AvgIpc) is 2.43. The summed E-state index contributed by atoms with van der Waals surface area (Å²) in [6.07, 6.45) is 1.85. The highest BCUT2D eigenvalue weighted by atomic mass is 79.9. The number of pyridine rings is 1. The Morgan fingerprint density at radius 1 is 1.54 bits per heavy atom. The van der Waals surface area contributed by atoms with Crippen LogP contribution in [0.3, 0.4) is 0 Å². The molecule has 2 rings (SSSR count). The molecule has 0 unspecified atom stereocenters. The first kappa shape index (κ1) is 8.50. The van der Waals surface area contributed by atoms with Gasteiger partial charge in [-0.2, -0.15) is 5.10 Å². The predicted octanol–water partition coefficient (Wildman–Crippen LogP) is 1.81. The van der Waals surface area contributed by atoms with Crippen LogP contribution in [-0.2, 0) is 0 Å². The molecule has 0 bridgehead atoms. The van der Waals surface area contributed by atoms with E-state index in [4.69, 9.17) is 4.74 Å². The van der Waals surface area contributed by atoms with Crippen molar-refractivity contribution in [3.05, 3.63) is 22.6 Å². The second-order valence-electron chi connectivity index (χ2n) is 2.65. The van der Waals surface area contributed by atoms with Crippen molar-refractivity contribution in [2.24, 2.45) is 0 Å². The van der Waals surface area contributed by atoms with Crippen LogP contribution in [0.5, 0.6) is 5.75 Å². The molecule has 13 heavy (non-hydrogen) atoms. The number of halogens is 1. The molecule has 0 spiro atoms. The van der Waals surface area contributed by atoms with E-state index in [0.29, 0.717) is 0 Å². The van der Waals surface area contributed by atoms with Gasteiger partial charge in [0.1, 0.15) is 5.82 Å². The van der Waals surface area contributed by atoms with E-state index in [2.05, 4.69) is 26.0 Å². The van der Waals surface area contributed by atoms with Gasteiger partial charge in [-0.05, 0) is 28.9 Å². The number of nitrogens with zero attached hydrogens (tertiary/aromatic N) is 3. The third-order valence-corrected chi connectivity index (χ3v) is 2.13. The lowest BCUT2D eigenvalue weighted by molar-refractivity contribution is 0.416. The molecule has 2 heterocycles. The molecule has 0 aliphatic heterocycles. The van der Waals surface area contributed by atoms with Gasteiger partial charge in [-0.1, -0.05) is 0 Å². The van der Waals surface area contributed by atoms with Crippen LogP contribution in [0.1, 0.15) is 5.82 Å². The first-order valence-electron chi connectivity index (χ1n) is 3.77. The van der Waals surface area contributed by atoms with Crippen LogP contribution in [0.15, 0.2) is 16.7 Å². The van der Waals surface area contributed by atoms with Crippen LogP contribution in [-0.4, -0.2) is 21.7 Å². The van der Waals surface area contributed by atoms with Crippen molar-refractivity contribution in [1.29, 1.82) is 0 Å². The summed E-state index contributed by atoms with van der Waals surface area (Å²) >= 11 is 3.36. The summed E-state index contributed by atoms with van der Waals surface area (Å²) in [6, 6.07) is 1.86. The average molecular weight is 242 g/mol. The maximum atomic E-state index is 5.17. The highest BCUT2D eigenvalue weighted by Gasteiger charge is 2.06. The molecule has 0 amide bonds. The highest BCUT2D eigenvalue weighted by molar-refractivity contribution is 9.10. The lowest BCUT2D eigenvalue weighted by Crippen LogP contribution is -1.91. The summed E-state index contributed by atoms with van der Waals surface area (Å²) in [7, 11) is 1.62. The van der Waals surface area contributed by atoms with Gasteiger partial charge in [-0.25, -0.2) is 9.50 Å². The Morgan fingerprint density at radius 3 is 3.00 bits per heavy atom. The molecule has 5 heteroatoms. The Bertz CT molecular complexity index is 452. The van der Waals surface area contributed by atoms with Gasteiger partial charge < -0.3 is 4.74 Å². The summed E-state index contributed by atoms with van der Waals surface area (Å²) in [6.45, 7) is 1.85. The smallest absolute Gasteiger partial charge is 0.198 e. The van der Waals surface area contributed by atoms with Gasteiger partial charge in [0.05, 0.1) is 7.11 Å². The van der Waals surface area contributed by atoms with Crippen molar-refractivity contribution >= 4 is 21.6 Å². The molecule has 0 N–H and O–H groups in total. The number of rotatable bonds is 1. The van der Waals surface area contributed by atoms with E-state index in [1.165, 1.54) is 0 Å². The molecule has 0 saturated carbocycles. The number of aryl methyl sites for hydroxylation is 1.